The Bertz CT molecular complexity index is 900. The molecule has 0 radical (unpaired) electrons. The van der Waals surface area contributed by atoms with Crippen molar-refractivity contribution < 1.29 is 14.3 Å². The van der Waals surface area contributed by atoms with Gasteiger partial charge in [-0.25, -0.2) is 0 Å². The number of rotatable bonds is 11. The van der Waals surface area contributed by atoms with E-state index >= 15 is 0 Å². The number of ether oxygens (including phenoxy) is 2. The molecule has 0 bridgehead atoms. The predicted molar refractivity (Wildman–Crippen MR) is 115 cm³/mol. The zero-order chi connectivity index (χ0) is 20.5. The van der Waals surface area contributed by atoms with Crippen LogP contribution in [-0.2, 0) is 20.7 Å². The maximum atomic E-state index is 12.7. The number of nitrogens with one attached hydrogen (secondary N) is 1. The minimum Gasteiger partial charge on any atom is -0.383 e. The molecule has 0 aliphatic carbocycles. The lowest BCUT2D eigenvalue weighted by Gasteiger charge is -2.22. The summed E-state index contributed by atoms with van der Waals surface area (Å²) >= 11 is 0. The molecule has 1 N–H and O–H groups in total. The van der Waals surface area contributed by atoms with Crippen LogP contribution in [0.5, 0.6) is 0 Å². The molecule has 1 aromatic carbocycles. The molecule has 0 saturated carbocycles. The Kier molecular flexibility index (Phi) is 7.78. The third kappa shape index (κ3) is 5.43. The van der Waals surface area contributed by atoms with E-state index in [1.165, 1.54) is 10.9 Å². The maximum Gasteiger partial charge on any atom is 0.222 e. The molecule has 3 rings (SSSR count). The molecular weight excluding hydrogens is 366 g/mol. The van der Waals surface area contributed by atoms with E-state index in [1.54, 1.807) is 20.4 Å². The number of nitrogens with zero attached hydrogens (tertiary/aromatic N) is 2. The Balaban J connectivity index is 1.72. The van der Waals surface area contributed by atoms with Gasteiger partial charge in [0.15, 0.2) is 0 Å². The van der Waals surface area contributed by atoms with Crippen LogP contribution < -0.4 is 0 Å². The van der Waals surface area contributed by atoms with E-state index in [2.05, 4.69) is 22.1 Å². The van der Waals surface area contributed by atoms with Crippen LogP contribution in [0.1, 0.15) is 18.4 Å². The number of fused-ring (bicyclic) bond motifs is 1. The van der Waals surface area contributed by atoms with Crippen LogP contribution in [0.3, 0.4) is 0 Å². The number of carbonyl (C=O) groups is 1. The molecule has 0 atom stereocenters. The number of aryl methyl sites for hydroxylation is 1. The monoisotopic (exact) mass is 395 g/mol. The van der Waals surface area contributed by atoms with Crippen molar-refractivity contribution in [3.05, 3.63) is 54.2 Å². The summed E-state index contributed by atoms with van der Waals surface area (Å²) in [5.74, 6) is 0.137. The summed E-state index contributed by atoms with van der Waals surface area (Å²) in [6.07, 6.45) is 3.88. The van der Waals surface area contributed by atoms with Crippen LogP contribution in [0.15, 0.2) is 48.7 Å². The largest absolute Gasteiger partial charge is 0.383 e. The first-order valence-corrected chi connectivity index (χ1v) is 10.0. The summed E-state index contributed by atoms with van der Waals surface area (Å²) in [6.45, 7) is 2.24. The number of H-pyrrole nitrogens is 1. The van der Waals surface area contributed by atoms with Crippen molar-refractivity contribution in [3.8, 4) is 11.4 Å². The molecule has 0 fully saturated rings. The zero-order valence-corrected chi connectivity index (χ0v) is 17.2. The summed E-state index contributed by atoms with van der Waals surface area (Å²) in [4.78, 5) is 22.5. The minimum absolute atomic E-state index is 0.137. The average Bonchev–Trinajstić information content (AvgIpc) is 3.13. The first-order chi connectivity index (χ1) is 14.2. The standard InChI is InChI=1S/C23H29N3O3/c1-28-16-14-26(15-17-29-2)22(27)12-7-9-19-18-8-3-4-10-20(18)25-23(19)21-11-5-6-13-24-21/h3-6,8,10-11,13,25H,7,9,12,14-17H2,1-2H3. The van der Waals surface area contributed by atoms with Gasteiger partial charge < -0.3 is 19.4 Å². The fourth-order valence-electron chi connectivity index (χ4n) is 3.53. The van der Waals surface area contributed by atoms with Crippen molar-refractivity contribution >= 4 is 16.8 Å². The minimum atomic E-state index is 0.137. The van der Waals surface area contributed by atoms with Crippen LogP contribution in [0.4, 0.5) is 0 Å². The number of para-hydroxylation sites is 1. The van der Waals surface area contributed by atoms with Gasteiger partial charge in [-0.05, 0) is 36.6 Å². The molecule has 154 valence electrons. The fourth-order valence-corrected chi connectivity index (χ4v) is 3.53. The van der Waals surface area contributed by atoms with E-state index in [4.69, 9.17) is 9.47 Å². The van der Waals surface area contributed by atoms with Gasteiger partial charge in [-0.1, -0.05) is 24.3 Å². The second-order valence-electron chi connectivity index (χ2n) is 6.96. The molecule has 2 aromatic heterocycles. The number of carbonyl (C=O) groups excluding carboxylic acids is 1. The van der Waals surface area contributed by atoms with E-state index in [0.29, 0.717) is 32.7 Å². The lowest BCUT2D eigenvalue weighted by atomic mass is 10.0. The molecule has 0 saturated heterocycles. The van der Waals surface area contributed by atoms with Crippen LogP contribution in [-0.4, -0.2) is 61.3 Å². The topological polar surface area (TPSA) is 67.5 Å². The number of pyridine rings is 1. The highest BCUT2D eigenvalue weighted by molar-refractivity contribution is 5.90. The first kappa shape index (κ1) is 21.0. The SMILES string of the molecule is COCCN(CCOC)C(=O)CCCc1c(-c2ccccn2)[nH]c2ccccc12. The number of amides is 1. The summed E-state index contributed by atoms with van der Waals surface area (Å²) in [5.41, 5.74) is 4.27. The van der Waals surface area contributed by atoms with Gasteiger partial charge in [0.25, 0.3) is 0 Å². The number of benzene rings is 1. The zero-order valence-electron chi connectivity index (χ0n) is 17.2. The van der Waals surface area contributed by atoms with Crippen molar-refractivity contribution in [2.24, 2.45) is 0 Å². The molecule has 1 amide bonds. The lowest BCUT2D eigenvalue weighted by Crippen LogP contribution is -2.36. The molecule has 2 heterocycles. The van der Waals surface area contributed by atoms with E-state index in [1.807, 2.05) is 35.2 Å². The summed E-state index contributed by atoms with van der Waals surface area (Å²) in [5, 5.41) is 1.19. The molecule has 0 aliphatic heterocycles. The highest BCUT2D eigenvalue weighted by Crippen LogP contribution is 2.30. The molecule has 3 aromatic rings. The van der Waals surface area contributed by atoms with Crippen molar-refractivity contribution in [1.29, 1.82) is 0 Å². The maximum absolute atomic E-state index is 12.7. The van der Waals surface area contributed by atoms with E-state index < -0.39 is 0 Å². The molecule has 0 aliphatic rings. The van der Waals surface area contributed by atoms with Crippen LogP contribution >= 0.6 is 0 Å². The first-order valence-electron chi connectivity index (χ1n) is 10.0. The molecule has 29 heavy (non-hydrogen) atoms. The lowest BCUT2D eigenvalue weighted by molar-refractivity contribution is -0.132. The highest BCUT2D eigenvalue weighted by atomic mass is 16.5. The van der Waals surface area contributed by atoms with Crippen molar-refractivity contribution in [3.63, 3.8) is 0 Å². The number of aromatic nitrogens is 2. The Morgan fingerprint density at radius 3 is 2.45 bits per heavy atom. The Morgan fingerprint density at radius 2 is 1.76 bits per heavy atom. The van der Waals surface area contributed by atoms with E-state index in [0.717, 1.165) is 29.7 Å². The average molecular weight is 396 g/mol. The quantitative estimate of drug-likeness (QED) is 0.538. The van der Waals surface area contributed by atoms with E-state index in [9.17, 15) is 4.79 Å². The third-order valence-corrected chi connectivity index (χ3v) is 5.04. The number of methoxy groups -OCH3 is 2. The van der Waals surface area contributed by atoms with Crippen molar-refractivity contribution in [2.45, 2.75) is 19.3 Å². The number of hydrogen-bond acceptors (Lipinski definition) is 4. The number of aromatic amines is 1. The highest BCUT2D eigenvalue weighted by Gasteiger charge is 2.16. The van der Waals surface area contributed by atoms with Gasteiger partial charge >= 0.3 is 0 Å². The van der Waals surface area contributed by atoms with Crippen LogP contribution in [0, 0.1) is 0 Å². The fraction of sp³-hybridized carbons (Fsp3) is 0.391. The van der Waals surface area contributed by atoms with Gasteiger partial charge in [0.2, 0.25) is 5.91 Å². The van der Waals surface area contributed by atoms with Gasteiger partial charge in [-0.3, -0.25) is 9.78 Å². The Labute approximate surface area is 171 Å². The summed E-state index contributed by atoms with van der Waals surface area (Å²) < 4.78 is 10.3. The van der Waals surface area contributed by atoms with Gasteiger partial charge in [-0.2, -0.15) is 0 Å². The molecular formula is C23H29N3O3. The summed E-state index contributed by atoms with van der Waals surface area (Å²) in [6, 6.07) is 14.2. The molecule has 0 unspecified atom stereocenters. The molecule has 6 nitrogen and oxygen atoms in total. The van der Waals surface area contributed by atoms with Gasteiger partial charge in [-0.15, -0.1) is 0 Å². The third-order valence-electron chi connectivity index (χ3n) is 5.04. The Morgan fingerprint density at radius 1 is 1.03 bits per heavy atom. The van der Waals surface area contributed by atoms with Crippen molar-refractivity contribution in [1.82, 2.24) is 14.9 Å². The van der Waals surface area contributed by atoms with E-state index in [-0.39, 0.29) is 5.91 Å². The number of hydrogen-bond donors (Lipinski definition) is 1. The summed E-state index contributed by atoms with van der Waals surface area (Å²) in [7, 11) is 3.30. The molecule has 6 heteroatoms. The molecule has 0 spiro atoms. The Hall–Kier alpha value is -2.70. The van der Waals surface area contributed by atoms with Crippen molar-refractivity contribution in [2.75, 3.05) is 40.5 Å². The van der Waals surface area contributed by atoms with Gasteiger partial charge in [0, 0.05) is 50.8 Å². The van der Waals surface area contributed by atoms with Gasteiger partial charge in [0.05, 0.1) is 24.6 Å². The smallest absolute Gasteiger partial charge is 0.222 e. The predicted octanol–water partition coefficient (Wildman–Crippen LogP) is 3.67. The normalized spacial score (nSPS) is 11.1. The van der Waals surface area contributed by atoms with Crippen LogP contribution in [0.25, 0.3) is 22.3 Å². The van der Waals surface area contributed by atoms with Crippen LogP contribution in [0.2, 0.25) is 0 Å². The second kappa shape index (κ2) is 10.7. The second-order valence-corrected chi connectivity index (χ2v) is 6.96. The van der Waals surface area contributed by atoms with Gasteiger partial charge in [0.1, 0.15) is 0 Å².